The standard InChI is InChI=1S/C24H27N3OS/c1-18-8-10-20(11-9-18)23-25-22(17-29-23)24(28)27-13-5-12-26(14-15-27)16-21-7-4-3-6-19(21)2/h3-4,6-11,17H,5,12-16H2,1-2H3. The van der Waals surface area contributed by atoms with E-state index in [2.05, 4.69) is 72.3 Å². The van der Waals surface area contributed by atoms with Crippen LogP contribution >= 0.6 is 11.3 Å². The zero-order chi connectivity index (χ0) is 20.2. The molecule has 2 heterocycles. The molecule has 1 saturated heterocycles. The molecular formula is C24H27N3OS. The largest absolute Gasteiger partial charge is 0.336 e. The summed E-state index contributed by atoms with van der Waals surface area (Å²) < 4.78 is 0. The number of hydrogen-bond donors (Lipinski definition) is 0. The van der Waals surface area contributed by atoms with Crippen LogP contribution in [-0.2, 0) is 6.54 Å². The minimum atomic E-state index is 0.0531. The topological polar surface area (TPSA) is 36.4 Å². The van der Waals surface area contributed by atoms with E-state index in [1.54, 1.807) is 11.3 Å². The number of carbonyl (C=O) groups excluding carboxylic acids is 1. The van der Waals surface area contributed by atoms with E-state index in [0.29, 0.717) is 5.69 Å². The van der Waals surface area contributed by atoms with E-state index in [9.17, 15) is 4.79 Å². The average molecular weight is 406 g/mol. The normalized spacial score (nSPS) is 15.3. The SMILES string of the molecule is Cc1ccc(-c2nc(C(=O)N3CCCN(Cc4ccccc4C)CC3)cs2)cc1. The minimum Gasteiger partial charge on any atom is -0.336 e. The maximum atomic E-state index is 13.0. The van der Waals surface area contributed by atoms with Crippen molar-refractivity contribution in [3.05, 3.63) is 76.3 Å². The van der Waals surface area contributed by atoms with Gasteiger partial charge in [-0.2, -0.15) is 0 Å². The summed E-state index contributed by atoms with van der Waals surface area (Å²) in [4.78, 5) is 22.1. The molecule has 3 aromatic rings. The van der Waals surface area contributed by atoms with Crippen molar-refractivity contribution in [3.63, 3.8) is 0 Å². The van der Waals surface area contributed by atoms with Gasteiger partial charge in [0.1, 0.15) is 10.7 Å². The Balaban J connectivity index is 1.40. The van der Waals surface area contributed by atoms with Crippen molar-refractivity contribution in [2.75, 3.05) is 26.2 Å². The summed E-state index contributed by atoms with van der Waals surface area (Å²) in [5.74, 6) is 0.0531. The van der Waals surface area contributed by atoms with Gasteiger partial charge in [0.15, 0.2) is 0 Å². The monoisotopic (exact) mass is 405 g/mol. The first kappa shape index (κ1) is 19.8. The molecule has 0 saturated carbocycles. The highest BCUT2D eigenvalue weighted by atomic mass is 32.1. The molecule has 5 heteroatoms. The second kappa shape index (κ2) is 8.89. The van der Waals surface area contributed by atoms with Crippen LogP contribution < -0.4 is 0 Å². The maximum absolute atomic E-state index is 13.0. The lowest BCUT2D eigenvalue weighted by Crippen LogP contribution is -2.35. The third-order valence-corrected chi connectivity index (χ3v) is 6.44. The third kappa shape index (κ3) is 4.74. The Morgan fingerprint density at radius 2 is 1.79 bits per heavy atom. The van der Waals surface area contributed by atoms with Gasteiger partial charge in [-0.3, -0.25) is 9.69 Å². The number of aryl methyl sites for hydroxylation is 2. The molecule has 150 valence electrons. The molecule has 0 radical (unpaired) electrons. The van der Waals surface area contributed by atoms with Gasteiger partial charge >= 0.3 is 0 Å². The first-order chi connectivity index (χ1) is 14.1. The Morgan fingerprint density at radius 3 is 2.59 bits per heavy atom. The van der Waals surface area contributed by atoms with Crippen LogP contribution in [0.25, 0.3) is 10.6 Å². The fourth-order valence-corrected chi connectivity index (χ4v) is 4.52. The van der Waals surface area contributed by atoms with Gasteiger partial charge in [0, 0.05) is 43.7 Å². The van der Waals surface area contributed by atoms with Crippen molar-refractivity contribution in [1.82, 2.24) is 14.8 Å². The summed E-state index contributed by atoms with van der Waals surface area (Å²) in [6.45, 7) is 8.64. The number of hydrogen-bond acceptors (Lipinski definition) is 4. The van der Waals surface area contributed by atoms with Gasteiger partial charge in [0.25, 0.3) is 5.91 Å². The Morgan fingerprint density at radius 1 is 1.00 bits per heavy atom. The number of rotatable bonds is 4. The van der Waals surface area contributed by atoms with Crippen molar-refractivity contribution < 1.29 is 4.79 Å². The summed E-state index contributed by atoms with van der Waals surface area (Å²) in [6, 6.07) is 16.8. The van der Waals surface area contributed by atoms with Gasteiger partial charge in [-0.05, 0) is 31.4 Å². The van der Waals surface area contributed by atoms with Gasteiger partial charge in [-0.15, -0.1) is 11.3 Å². The Hall–Kier alpha value is -2.50. The Kier molecular flexibility index (Phi) is 6.07. The van der Waals surface area contributed by atoms with Crippen molar-refractivity contribution in [3.8, 4) is 10.6 Å². The number of nitrogens with zero attached hydrogens (tertiary/aromatic N) is 3. The van der Waals surface area contributed by atoms with E-state index in [-0.39, 0.29) is 5.91 Å². The number of benzene rings is 2. The second-order valence-corrected chi connectivity index (χ2v) is 8.61. The number of amides is 1. The van der Waals surface area contributed by atoms with Crippen LogP contribution in [-0.4, -0.2) is 46.9 Å². The van der Waals surface area contributed by atoms with Crippen molar-refractivity contribution >= 4 is 17.2 Å². The molecule has 4 nitrogen and oxygen atoms in total. The molecular weight excluding hydrogens is 378 g/mol. The van der Waals surface area contributed by atoms with E-state index in [4.69, 9.17) is 0 Å². The number of carbonyl (C=O) groups is 1. The average Bonchev–Trinajstić information content (AvgIpc) is 3.10. The molecule has 0 unspecified atom stereocenters. The molecule has 4 rings (SSSR count). The first-order valence-corrected chi connectivity index (χ1v) is 11.1. The quantitative estimate of drug-likeness (QED) is 0.627. The molecule has 0 spiro atoms. The van der Waals surface area contributed by atoms with Gasteiger partial charge in [0.05, 0.1) is 0 Å². The van der Waals surface area contributed by atoms with Crippen LogP contribution in [0.3, 0.4) is 0 Å². The van der Waals surface area contributed by atoms with Crippen LogP contribution in [0.15, 0.2) is 53.9 Å². The minimum absolute atomic E-state index is 0.0531. The van der Waals surface area contributed by atoms with Crippen molar-refractivity contribution in [1.29, 1.82) is 0 Å². The van der Waals surface area contributed by atoms with E-state index in [1.807, 2.05) is 10.3 Å². The predicted octanol–water partition coefficient (Wildman–Crippen LogP) is 4.78. The highest BCUT2D eigenvalue weighted by Crippen LogP contribution is 2.25. The lowest BCUT2D eigenvalue weighted by Gasteiger charge is -2.22. The van der Waals surface area contributed by atoms with E-state index >= 15 is 0 Å². The molecule has 0 N–H and O–H groups in total. The molecule has 1 aromatic heterocycles. The summed E-state index contributed by atoms with van der Waals surface area (Å²) in [7, 11) is 0. The van der Waals surface area contributed by atoms with Crippen LogP contribution in [0.5, 0.6) is 0 Å². The Labute approximate surface area is 176 Å². The predicted molar refractivity (Wildman–Crippen MR) is 119 cm³/mol. The molecule has 0 bridgehead atoms. The summed E-state index contributed by atoms with van der Waals surface area (Å²) in [5.41, 5.74) is 5.56. The summed E-state index contributed by atoms with van der Waals surface area (Å²) in [6.07, 6.45) is 0.993. The number of aromatic nitrogens is 1. The molecule has 0 atom stereocenters. The highest BCUT2D eigenvalue weighted by Gasteiger charge is 2.22. The van der Waals surface area contributed by atoms with Crippen LogP contribution in [0.1, 0.15) is 33.6 Å². The van der Waals surface area contributed by atoms with Crippen LogP contribution in [0, 0.1) is 13.8 Å². The van der Waals surface area contributed by atoms with Crippen LogP contribution in [0.2, 0.25) is 0 Å². The van der Waals surface area contributed by atoms with Gasteiger partial charge in [-0.1, -0.05) is 54.1 Å². The molecule has 0 aliphatic carbocycles. The van der Waals surface area contributed by atoms with Crippen molar-refractivity contribution in [2.45, 2.75) is 26.8 Å². The molecule has 2 aromatic carbocycles. The summed E-state index contributed by atoms with van der Waals surface area (Å²) >= 11 is 1.54. The molecule has 1 fully saturated rings. The Bertz CT molecular complexity index is 980. The maximum Gasteiger partial charge on any atom is 0.273 e. The lowest BCUT2D eigenvalue weighted by molar-refractivity contribution is 0.0756. The zero-order valence-corrected chi connectivity index (χ0v) is 17.9. The van der Waals surface area contributed by atoms with E-state index < -0.39 is 0 Å². The number of thiazole rings is 1. The van der Waals surface area contributed by atoms with Gasteiger partial charge < -0.3 is 4.90 Å². The molecule has 1 aliphatic rings. The van der Waals surface area contributed by atoms with E-state index in [1.165, 1.54) is 16.7 Å². The third-order valence-electron chi connectivity index (χ3n) is 5.55. The second-order valence-electron chi connectivity index (χ2n) is 7.75. The van der Waals surface area contributed by atoms with Gasteiger partial charge in [0.2, 0.25) is 0 Å². The smallest absolute Gasteiger partial charge is 0.273 e. The first-order valence-electron chi connectivity index (χ1n) is 10.2. The van der Waals surface area contributed by atoms with E-state index in [0.717, 1.165) is 49.7 Å². The highest BCUT2D eigenvalue weighted by molar-refractivity contribution is 7.13. The fourth-order valence-electron chi connectivity index (χ4n) is 3.72. The molecule has 1 amide bonds. The zero-order valence-electron chi connectivity index (χ0n) is 17.1. The van der Waals surface area contributed by atoms with Crippen molar-refractivity contribution in [2.24, 2.45) is 0 Å². The molecule has 29 heavy (non-hydrogen) atoms. The molecule has 1 aliphatic heterocycles. The fraction of sp³-hybridized carbons (Fsp3) is 0.333. The summed E-state index contributed by atoms with van der Waals surface area (Å²) in [5, 5.41) is 2.80. The van der Waals surface area contributed by atoms with Gasteiger partial charge in [-0.25, -0.2) is 4.98 Å². The van der Waals surface area contributed by atoms with Crippen LogP contribution in [0.4, 0.5) is 0 Å². The lowest BCUT2D eigenvalue weighted by atomic mass is 10.1.